The molecule has 3 aromatic carbocycles. The Morgan fingerprint density at radius 1 is 0.861 bits per heavy atom. The average molecular weight is 485 g/mol. The van der Waals surface area contributed by atoms with Crippen molar-refractivity contribution in [1.29, 1.82) is 0 Å². The van der Waals surface area contributed by atoms with Crippen LogP contribution in [0.3, 0.4) is 0 Å². The van der Waals surface area contributed by atoms with Crippen molar-refractivity contribution in [2.75, 3.05) is 19.5 Å². The van der Waals surface area contributed by atoms with E-state index in [4.69, 9.17) is 9.47 Å². The third-order valence-corrected chi connectivity index (χ3v) is 7.42. The summed E-state index contributed by atoms with van der Waals surface area (Å²) in [6.07, 6.45) is 5.26. The number of rotatable bonds is 6. The molecule has 36 heavy (non-hydrogen) atoms. The van der Waals surface area contributed by atoms with Gasteiger partial charge in [0.05, 0.1) is 26.2 Å². The maximum atomic E-state index is 14.1. The maximum Gasteiger partial charge on any atom is 0.254 e. The van der Waals surface area contributed by atoms with Crippen molar-refractivity contribution in [2.45, 2.75) is 50.1 Å². The van der Waals surface area contributed by atoms with Gasteiger partial charge in [0.2, 0.25) is 5.91 Å². The van der Waals surface area contributed by atoms with E-state index in [1.54, 1.807) is 20.3 Å². The number of nitrogens with zero attached hydrogens (tertiary/aromatic N) is 1. The molecule has 1 aliphatic heterocycles. The summed E-state index contributed by atoms with van der Waals surface area (Å²) in [5.41, 5.74) is 2.95. The molecule has 6 heteroatoms. The Morgan fingerprint density at radius 2 is 1.58 bits per heavy atom. The van der Waals surface area contributed by atoms with Gasteiger partial charge in [0.1, 0.15) is 11.5 Å². The minimum Gasteiger partial charge on any atom is -0.497 e. The van der Waals surface area contributed by atoms with Crippen molar-refractivity contribution in [2.24, 2.45) is 0 Å². The SMILES string of the molecule is COc1ccc([C@H]2[C@H](C(=O)Nc3cccc(OC)c3)c3ccccc3C(=O)N2C2CCCCC2)cc1. The molecule has 0 bridgehead atoms. The molecule has 0 radical (unpaired) electrons. The molecule has 0 unspecified atom stereocenters. The number of carbonyl (C=O) groups is 2. The lowest BCUT2D eigenvalue weighted by molar-refractivity contribution is -0.119. The van der Waals surface area contributed by atoms with E-state index < -0.39 is 12.0 Å². The molecule has 1 aliphatic carbocycles. The Hall–Kier alpha value is -3.80. The average Bonchev–Trinajstić information content (AvgIpc) is 2.93. The third-order valence-electron chi connectivity index (χ3n) is 7.42. The van der Waals surface area contributed by atoms with E-state index in [1.807, 2.05) is 71.6 Å². The molecule has 2 atom stereocenters. The number of anilines is 1. The number of ether oxygens (including phenoxy) is 2. The zero-order valence-corrected chi connectivity index (χ0v) is 20.8. The Morgan fingerprint density at radius 3 is 2.31 bits per heavy atom. The Balaban J connectivity index is 1.62. The Labute approximate surface area is 212 Å². The fourth-order valence-electron chi connectivity index (χ4n) is 5.67. The van der Waals surface area contributed by atoms with E-state index in [-0.39, 0.29) is 17.9 Å². The summed E-state index contributed by atoms with van der Waals surface area (Å²) in [5.74, 6) is 0.694. The van der Waals surface area contributed by atoms with Gasteiger partial charge in [0.25, 0.3) is 5.91 Å². The van der Waals surface area contributed by atoms with Gasteiger partial charge in [-0.05, 0) is 54.3 Å². The predicted octanol–water partition coefficient (Wildman–Crippen LogP) is 5.96. The first-order chi connectivity index (χ1) is 17.6. The highest BCUT2D eigenvalue weighted by molar-refractivity contribution is 6.04. The second-order valence-corrected chi connectivity index (χ2v) is 9.51. The van der Waals surface area contributed by atoms with Gasteiger partial charge in [0, 0.05) is 23.4 Å². The second-order valence-electron chi connectivity index (χ2n) is 9.51. The summed E-state index contributed by atoms with van der Waals surface area (Å²) in [6.45, 7) is 0. The van der Waals surface area contributed by atoms with Crippen molar-refractivity contribution in [3.05, 3.63) is 89.5 Å². The van der Waals surface area contributed by atoms with Crippen LogP contribution in [-0.4, -0.2) is 37.0 Å². The molecule has 0 aromatic heterocycles. The van der Waals surface area contributed by atoms with Crippen LogP contribution in [0.5, 0.6) is 11.5 Å². The van der Waals surface area contributed by atoms with Crippen LogP contribution < -0.4 is 14.8 Å². The molecule has 1 saturated carbocycles. The molecule has 6 nitrogen and oxygen atoms in total. The molecule has 2 aliphatic rings. The normalized spacial score (nSPS) is 19.9. The van der Waals surface area contributed by atoms with Crippen molar-refractivity contribution < 1.29 is 19.1 Å². The number of benzene rings is 3. The van der Waals surface area contributed by atoms with Crippen LogP contribution in [0.1, 0.15) is 65.5 Å². The first-order valence-electron chi connectivity index (χ1n) is 12.6. The van der Waals surface area contributed by atoms with E-state index >= 15 is 0 Å². The molecular formula is C30H32N2O4. The number of carbonyl (C=O) groups excluding carboxylic acids is 2. The van der Waals surface area contributed by atoms with Gasteiger partial charge < -0.3 is 19.7 Å². The molecule has 186 valence electrons. The molecule has 0 spiro atoms. The summed E-state index contributed by atoms with van der Waals surface area (Å²) in [4.78, 5) is 30.0. The molecule has 2 amide bonds. The van der Waals surface area contributed by atoms with Gasteiger partial charge in [-0.15, -0.1) is 0 Å². The standard InChI is InChI=1S/C30H32N2O4/c1-35-23-17-15-20(16-18-23)28-27(29(33)31-21-9-8-12-24(19-21)36-2)25-13-6-7-14-26(25)30(34)32(28)22-10-4-3-5-11-22/h6-9,12-19,22,27-28H,3-5,10-11H2,1-2H3,(H,31,33)/t27-,28+/m1/s1. The van der Waals surface area contributed by atoms with Gasteiger partial charge in [-0.1, -0.05) is 55.7 Å². The van der Waals surface area contributed by atoms with Crippen molar-refractivity contribution >= 4 is 17.5 Å². The molecule has 0 saturated heterocycles. The smallest absolute Gasteiger partial charge is 0.254 e. The minimum atomic E-state index is -0.569. The Kier molecular flexibility index (Phi) is 6.94. The first-order valence-corrected chi connectivity index (χ1v) is 12.6. The first kappa shape index (κ1) is 23.9. The maximum absolute atomic E-state index is 14.1. The van der Waals surface area contributed by atoms with Crippen LogP contribution >= 0.6 is 0 Å². The number of amides is 2. The lowest BCUT2D eigenvalue weighted by Crippen LogP contribution is -2.51. The van der Waals surface area contributed by atoms with Gasteiger partial charge in [-0.25, -0.2) is 0 Å². The molecule has 1 N–H and O–H groups in total. The van der Waals surface area contributed by atoms with E-state index in [1.165, 1.54) is 6.42 Å². The van der Waals surface area contributed by atoms with Crippen LogP contribution in [0, 0.1) is 0 Å². The van der Waals surface area contributed by atoms with Crippen molar-refractivity contribution in [3.8, 4) is 11.5 Å². The minimum absolute atomic E-state index is 0.00347. The number of nitrogens with one attached hydrogen (secondary N) is 1. The summed E-state index contributed by atoms with van der Waals surface area (Å²) in [6, 6.07) is 22.3. The molecule has 3 aromatic rings. The van der Waals surface area contributed by atoms with Crippen LogP contribution in [0.15, 0.2) is 72.8 Å². The fraction of sp³-hybridized carbons (Fsp3) is 0.333. The monoisotopic (exact) mass is 484 g/mol. The number of hydrogen-bond acceptors (Lipinski definition) is 4. The third kappa shape index (κ3) is 4.55. The Bertz CT molecular complexity index is 1230. The largest absolute Gasteiger partial charge is 0.497 e. The second kappa shape index (κ2) is 10.4. The molecular weight excluding hydrogens is 452 g/mol. The lowest BCUT2D eigenvalue weighted by atomic mass is 9.77. The molecule has 1 heterocycles. The van der Waals surface area contributed by atoms with Gasteiger partial charge in [-0.3, -0.25) is 9.59 Å². The van der Waals surface area contributed by atoms with Gasteiger partial charge in [0.15, 0.2) is 0 Å². The predicted molar refractivity (Wildman–Crippen MR) is 140 cm³/mol. The zero-order chi connectivity index (χ0) is 25.1. The number of hydrogen-bond donors (Lipinski definition) is 1. The topological polar surface area (TPSA) is 67.9 Å². The highest BCUT2D eigenvalue weighted by Gasteiger charge is 2.46. The van der Waals surface area contributed by atoms with E-state index in [0.29, 0.717) is 17.0 Å². The number of fused-ring (bicyclic) bond motifs is 1. The summed E-state index contributed by atoms with van der Waals surface area (Å²) in [7, 11) is 3.24. The lowest BCUT2D eigenvalue weighted by Gasteiger charge is -2.46. The van der Waals surface area contributed by atoms with E-state index in [2.05, 4.69) is 5.32 Å². The van der Waals surface area contributed by atoms with Crippen LogP contribution in [0.2, 0.25) is 0 Å². The number of methoxy groups -OCH3 is 2. The summed E-state index contributed by atoms with van der Waals surface area (Å²) >= 11 is 0. The van der Waals surface area contributed by atoms with E-state index in [9.17, 15) is 9.59 Å². The van der Waals surface area contributed by atoms with Crippen LogP contribution in [0.4, 0.5) is 5.69 Å². The fourth-order valence-corrected chi connectivity index (χ4v) is 5.67. The quantitative estimate of drug-likeness (QED) is 0.469. The van der Waals surface area contributed by atoms with Crippen LogP contribution in [-0.2, 0) is 4.79 Å². The van der Waals surface area contributed by atoms with Gasteiger partial charge >= 0.3 is 0 Å². The highest BCUT2D eigenvalue weighted by Crippen LogP contribution is 2.46. The zero-order valence-electron chi connectivity index (χ0n) is 20.8. The van der Waals surface area contributed by atoms with Crippen molar-refractivity contribution in [3.63, 3.8) is 0 Å². The van der Waals surface area contributed by atoms with Crippen LogP contribution in [0.25, 0.3) is 0 Å². The summed E-state index contributed by atoms with van der Waals surface area (Å²) in [5, 5.41) is 3.11. The summed E-state index contributed by atoms with van der Waals surface area (Å²) < 4.78 is 10.7. The highest BCUT2D eigenvalue weighted by atomic mass is 16.5. The van der Waals surface area contributed by atoms with E-state index in [0.717, 1.165) is 42.6 Å². The van der Waals surface area contributed by atoms with Gasteiger partial charge in [-0.2, -0.15) is 0 Å². The van der Waals surface area contributed by atoms with Crippen molar-refractivity contribution in [1.82, 2.24) is 4.90 Å². The molecule has 1 fully saturated rings. The molecule has 5 rings (SSSR count).